The smallest absolute Gasteiger partial charge is 0.191 e. The average molecular weight is 460 g/mol. The minimum absolute atomic E-state index is 0. The van der Waals surface area contributed by atoms with Crippen LogP contribution in [0, 0.1) is 19.7 Å². The summed E-state index contributed by atoms with van der Waals surface area (Å²) in [5, 5.41) is 10.6. The highest BCUT2D eigenvalue weighted by atomic mass is 127. The third-order valence-electron chi connectivity index (χ3n) is 4.00. The van der Waals surface area contributed by atoms with E-state index in [9.17, 15) is 4.39 Å². The van der Waals surface area contributed by atoms with Crippen LogP contribution in [0.25, 0.3) is 0 Å². The molecule has 0 aliphatic carbocycles. The standard InChI is InChI=1S/C18H25FN4O.HI/c1-12(17-13(2)23-24-14(17)3)11-22-18(20-4)21-10-9-15-5-7-16(19)8-6-15;/h5-8,12H,9-11H2,1-4H3,(H2,20,21,22);1H. The molecule has 0 fully saturated rings. The van der Waals surface area contributed by atoms with E-state index in [1.54, 1.807) is 19.2 Å². The van der Waals surface area contributed by atoms with Crippen molar-refractivity contribution in [2.45, 2.75) is 33.1 Å². The molecule has 2 aromatic rings. The molecule has 0 saturated carbocycles. The summed E-state index contributed by atoms with van der Waals surface area (Å²) in [6.45, 7) is 7.48. The van der Waals surface area contributed by atoms with Crippen LogP contribution >= 0.6 is 24.0 Å². The van der Waals surface area contributed by atoms with E-state index in [1.165, 1.54) is 12.1 Å². The molecule has 1 atom stereocenters. The van der Waals surface area contributed by atoms with E-state index in [1.807, 2.05) is 13.8 Å². The minimum Gasteiger partial charge on any atom is -0.361 e. The van der Waals surface area contributed by atoms with Crippen molar-refractivity contribution in [3.63, 3.8) is 0 Å². The van der Waals surface area contributed by atoms with Gasteiger partial charge in [-0.3, -0.25) is 4.99 Å². The predicted molar refractivity (Wildman–Crippen MR) is 109 cm³/mol. The molecule has 0 spiro atoms. The molecule has 138 valence electrons. The summed E-state index contributed by atoms with van der Waals surface area (Å²) in [5.74, 6) is 1.67. The molecule has 0 amide bonds. The summed E-state index contributed by atoms with van der Waals surface area (Å²) in [4.78, 5) is 4.23. The molecule has 7 heteroatoms. The Hall–Kier alpha value is -1.64. The van der Waals surface area contributed by atoms with E-state index < -0.39 is 0 Å². The number of halogens is 2. The monoisotopic (exact) mass is 460 g/mol. The van der Waals surface area contributed by atoms with Crippen LogP contribution in [-0.4, -0.2) is 31.3 Å². The van der Waals surface area contributed by atoms with Crippen LogP contribution in [0.2, 0.25) is 0 Å². The molecule has 1 aromatic carbocycles. The predicted octanol–water partition coefficient (Wildman–Crippen LogP) is 3.56. The molecule has 1 unspecified atom stereocenters. The maximum absolute atomic E-state index is 12.9. The maximum atomic E-state index is 12.9. The number of benzene rings is 1. The molecule has 0 bridgehead atoms. The van der Waals surface area contributed by atoms with E-state index in [-0.39, 0.29) is 35.7 Å². The van der Waals surface area contributed by atoms with E-state index in [0.717, 1.165) is 48.1 Å². The van der Waals surface area contributed by atoms with Crippen molar-refractivity contribution in [3.8, 4) is 0 Å². The lowest BCUT2D eigenvalue weighted by Gasteiger charge is -2.16. The quantitative estimate of drug-likeness (QED) is 0.393. The van der Waals surface area contributed by atoms with Crippen molar-refractivity contribution in [1.29, 1.82) is 0 Å². The van der Waals surface area contributed by atoms with Gasteiger partial charge in [-0.1, -0.05) is 24.2 Å². The van der Waals surface area contributed by atoms with E-state index in [2.05, 4.69) is 27.7 Å². The van der Waals surface area contributed by atoms with Crippen LogP contribution in [0.3, 0.4) is 0 Å². The van der Waals surface area contributed by atoms with Gasteiger partial charge in [-0.2, -0.15) is 0 Å². The molecule has 1 heterocycles. The van der Waals surface area contributed by atoms with Crippen LogP contribution < -0.4 is 10.6 Å². The zero-order chi connectivity index (χ0) is 17.5. The molecular weight excluding hydrogens is 434 g/mol. The lowest BCUT2D eigenvalue weighted by Crippen LogP contribution is -2.40. The van der Waals surface area contributed by atoms with Crippen molar-refractivity contribution >= 4 is 29.9 Å². The minimum atomic E-state index is -0.211. The van der Waals surface area contributed by atoms with E-state index in [4.69, 9.17) is 4.52 Å². The van der Waals surface area contributed by atoms with Crippen LogP contribution in [-0.2, 0) is 6.42 Å². The number of aromatic nitrogens is 1. The van der Waals surface area contributed by atoms with Gasteiger partial charge in [-0.15, -0.1) is 24.0 Å². The first kappa shape index (κ1) is 21.4. The van der Waals surface area contributed by atoms with E-state index >= 15 is 0 Å². The number of nitrogens with one attached hydrogen (secondary N) is 2. The SMILES string of the molecule is CN=C(NCCc1ccc(F)cc1)NCC(C)c1c(C)noc1C.I. The number of guanidine groups is 1. The Labute approximate surface area is 165 Å². The van der Waals surface area contributed by atoms with Gasteiger partial charge < -0.3 is 15.2 Å². The van der Waals surface area contributed by atoms with Crippen LogP contribution in [0.1, 0.15) is 35.4 Å². The zero-order valence-corrected chi connectivity index (χ0v) is 17.4. The molecule has 0 saturated heterocycles. The Morgan fingerprint density at radius 3 is 2.48 bits per heavy atom. The molecule has 5 nitrogen and oxygen atoms in total. The topological polar surface area (TPSA) is 62.5 Å². The second kappa shape index (κ2) is 10.4. The summed E-state index contributed by atoms with van der Waals surface area (Å²) >= 11 is 0. The number of nitrogens with zero attached hydrogens (tertiary/aromatic N) is 2. The van der Waals surface area contributed by atoms with E-state index in [0.29, 0.717) is 0 Å². The fourth-order valence-electron chi connectivity index (χ4n) is 2.74. The average Bonchev–Trinajstić information content (AvgIpc) is 2.91. The Kier molecular flexibility index (Phi) is 8.88. The molecule has 2 rings (SSSR count). The van der Waals surface area contributed by atoms with Gasteiger partial charge in [0.25, 0.3) is 0 Å². The van der Waals surface area contributed by atoms with Crippen LogP contribution in [0.15, 0.2) is 33.8 Å². The number of rotatable bonds is 6. The summed E-state index contributed by atoms with van der Waals surface area (Å²) in [7, 11) is 1.74. The van der Waals surface area contributed by atoms with Crippen LogP contribution in [0.4, 0.5) is 4.39 Å². The highest BCUT2D eigenvalue weighted by Crippen LogP contribution is 2.22. The number of aryl methyl sites for hydroxylation is 2. The number of aliphatic imine (C=N–C) groups is 1. The molecule has 25 heavy (non-hydrogen) atoms. The second-order valence-corrected chi connectivity index (χ2v) is 5.90. The zero-order valence-electron chi connectivity index (χ0n) is 15.1. The van der Waals surface area contributed by atoms with Crippen molar-refractivity contribution in [1.82, 2.24) is 15.8 Å². The lowest BCUT2D eigenvalue weighted by atomic mass is 10.00. The van der Waals surface area contributed by atoms with Gasteiger partial charge in [0.1, 0.15) is 11.6 Å². The fraction of sp³-hybridized carbons (Fsp3) is 0.444. The van der Waals surface area contributed by atoms with Crippen LogP contribution in [0.5, 0.6) is 0 Å². The molecular formula is C18H26FIN4O. The van der Waals surface area contributed by atoms with Crippen molar-refractivity contribution < 1.29 is 8.91 Å². The fourth-order valence-corrected chi connectivity index (χ4v) is 2.74. The third-order valence-corrected chi connectivity index (χ3v) is 4.00. The normalized spacial score (nSPS) is 12.4. The first-order valence-corrected chi connectivity index (χ1v) is 8.13. The van der Waals surface area contributed by atoms with Gasteiger partial charge in [0.05, 0.1) is 5.69 Å². The molecule has 0 radical (unpaired) electrons. The first-order chi connectivity index (χ1) is 11.5. The van der Waals surface area contributed by atoms with Gasteiger partial charge in [0.2, 0.25) is 0 Å². The van der Waals surface area contributed by atoms with Crippen molar-refractivity contribution in [2.24, 2.45) is 4.99 Å². The first-order valence-electron chi connectivity index (χ1n) is 8.13. The highest BCUT2D eigenvalue weighted by Gasteiger charge is 2.16. The second-order valence-electron chi connectivity index (χ2n) is 5.90. The third kappa shape index (κ3) is 6.30. The summed E-state index contributed by atoms with van der Waals surface area (Å²) in [6, 6.07) is 6.56. The van der Waals surface area contributed by atoms with Gasteiger partial charge >= 0.3 is 0 Å². The Morgan fingerprint density at radius 2 is 1.92 bits per heavy atom. The van der Waals surface area contributed by atoms with Crippen molar-refractivity contribution in [2.75, 3.05) is 20.1 Å². The van der Waals surface area contributed by atoms with Gasteiger partial charge in [0, 0.05) is 31.6 Å². The molecule has 0 aliphatic rings. The maximum Gasteiger partial charge on any atom is 0.191 e. The highest BCUT2D eigenvalue weighted by molar-refractivity contribution is 14.0. The van der Waals surface area contributed by atoms with Gasteiger partial charge in [0.15, 0.2) is 5.96 Å². The molecule has 2 N–H and O–H groups in total. The molecule has 1 aromatic heterocycles. The molecule has 0 aliphatic heterocycles. The summed E-state index contributed by atoms with van der Waals surface area (Å²) in [6.07, 6.45) is 0.806. The number of hydrogen-bond acceptors (Lipinski definition) is 3. The van der Waals surface area contributed by atoms with Gasteiger partial charge in [-0.25, -0.2) is 4.39 Å². The lowest BCUT2D eigenvalue weighted by molar-refractivity contribution is 0.391. The Balaban J connectivity index is 0.00000312. The number of hydrogen-bond donors (Lipinski definition) is 2. The Morgan fingerprint density at radius 1 is 1.24 bits per heavy atom. The summed E-state index contributed by atoms with van der Waals surface area (Å²) < 4.78 is 18.1. The van der Waals surface area contributed by atoms with Crippen molar-refractivity contribution in [3.05, 3.63) is 52.7 Å². The Bertz CT molecular complexity index is 665. The van der Waals surface area contributed by atoms with Gasteiger partial charge in [-0.05, 0) is 38.0 Å². The largest absolute Gasteiger partial charge is 0.361 e. The summed E-state index contributed by atoms with van der Waals surface area (Å²) in [5.41, 5.74) is 3.16.